The molecule has 2 aromatic carbocycles. The second-order valence-corrected chi connectivity index (χ2v) is 8.87. The molecule has 0 saturated carbocycles. The zero-order valence-corrected chi connectivity index (χ0v) is 18.8. The van der Waals surface area contributed by atoms with Crippen molar-refractivity contribution in [3.63, 3.8) is 0 Å². The van der Waals surface area contributed by atoms with Crippen molar-refractivity contribution in [3.05, 3.63) is 53.0 Å². The number of hydrogen-bond acceptors (Lipinski definition) is 7. The number of carboxylic acids is 1. The summed E-state index contributed by atoms with van der Waals surface area (Å²) >= 11 is 1.43. The Balaban J connectivity index is 1.24. The van der Waals surface area contributed by atoms with Crippen molar-refractivity contribution in [1.29, 1.82) is 0 Å². The summed E-state index contributed by atoms with van der Waals surface area (Å²) < 4.78 is 11.9. The van der Waals surface area contributed by atoms with Crippen molar-refractivity contribution in [2.24, 2.45) is 5.92 Å². The molecule has 3 aromatic rings. The second kappa shape index (κ2) is 10.1. The number of carboxylic acid groups (broad SMARTS) is 1. The Morgan fingerprint density at radius 1 is 1.19 bits per heavy atom. The molecule has 2 heterocycles. The molecule has 0 aliphatic carbocycles. The van der Waals surface area contributed by atoms with Crippen LogP contribution in [0.5, 0.6) is 11.5 Å². The first kappa shape index (κ1) is 22.2. The SMILES string of the molecule is COc1ccc2nc(C(=O)C3CCN(CCCOc4ccccc4C(=O)O)CC3)sc2c1. The van der Waals surface area contributed by atoms with Gasteiger partial charge in [0.05, 0.1) is 23.9 Å². The molecule has 1 aliphatic rings. The molecule has 0 bridgehead atoms. The molecule has 0 radical (unpaired) electrons. The quantitative estimate of drug-likeness (QED) is 0.379. The first-order chi connectivity index (χ1) is 15.5. The minimum Gasteiger partial charge on any atom is -0.497 e. The number of para-hydroxylation sites is 1. The maximum absolute atomic E-state index is 13.0. The van der Waals surface area contributed by atoms with Gasteiger partial charge in [0.2, 0.25) is 0 Å². The third-order valence-electron chi connectivity index (χ3n) is 5.76. The zero-order chi connectivity index (χ0) is 22.5. The number of rotatable bonds is 9. The van der Waals surface area contributed by atoms with Crippen molar-refractivity contribution in [1.82, 2.24) is 9.88 Å². The number of piperidine rings is 1. The van der Waals surface area contributed by atoms with Crippen molar-refractivity contribution in [2.75, 3.05) is 33.4 Å². The molecule has 0 atom stereocenters. The monoisotopic (exact) mass is 454 g/mol. The number of methoxy groups -OCH3 is 1. The van der Waals surface area contributed by atoms with Gasteiger partial charge in [0, 0.05) is 12.5 Å². The Hall–Kier alpha value is -2.97. The van der Waals surface area contributed by atoms with Gasteiger partial charge >= 0.3 is 5.97 Å². The van der Waals surface area contributed by atoms with Crippen molar-refractivity contribution < 1.29 is 24.2 Å². The summed E-state index contributed by atoms with van der Waals surface area (Å²) in [7, 11) is 1.63. The average Bonchev–Trinajstić information content (AvgIpc) is 3.25. The summed E-state index contributed by atoms with van der Waals surface area (Å²) in [6.45, 7) is 3.04. The summed E-state index contributed by atoms with van der Waals surface area (Å²) in [5.74, 6) is 0.326. The third-order valence-corrected chi connectivity index (χ3v) is 6.79. The molecule has 1 aliphatic heterocycles. The molecule has 1 fully saturated rings. The van der Waals surface area contributed by atoms with Gasteiger partial charge in [0.25, 0.3) is 0 Å². The highest BCUT2D eigenvalue weighted by Gasteiger charge is 2.27. The van der Waals surface area contributed by atoms with Gasteiger partial charge in [-0.2, -0.15) is 0 Å². The number of aromatic nitrogens is 1. The molecule has 0 amide bonds. The lowest BCUT2D eigenvalue weighted by Gasteiger charge is -2.30. The van der Waals surface area contributed by atoms with Crippen LogP contribution in [-0.2, 0) is 0 Å². The molecule has 4 rings (SSSR count). The third kappa shape index (κ3) is 5.08. The lowest BCUT2D eigenvalue weighted by molar-refractivity contribution is 0.0690. The molecular weight excluding hydrogens is 428 g/mol. The van der Waals surface area contributed by atoms with Gasteiger partial charge in [-0.25, -0.2) is 9.78 Å². The van der Waals surface area contributed by atoms with Crippen molar-refractivity contribution in [2.45, 2.75) is 19.3 Å². The van der Waals surface area contributed by atoms with E-state index in [1.54, 1.807) is 31.4 Å². The van der Waals surface area contributed by atoms with Gasteiger partial charge in [-0.15, -0.1) is 11.3 Å². The van der Waals surface area contributed by atoms with Crippen molar-refractivity contribution >= 4 is 33.3 Å². The minimum atomic E-state index is -0.986. The van der Waals surface area contributed by atoms with Crippen LogP contribution in [0, 0.1) is 5.92 Å². The fraction of sp³-hybridized carbons (Fsp3) is 0.375. The second-order valence-electron chi connectivity index (χ2n) is 7.84. The van der Waals surface area contributed by atoms with Gasteiger partial charge in [-0.1, -0.05) is 12.1 Å². The number of nitrogens with zero attached hydrogens (tertiary/aromatic N) is 2. The van der Waals surface area contributed by atoms with Gasteiger partial charge in [0.1, 0.15) is 17.1 Å². The predicted molar refractivity (Wildman–Crippen MR) is 123 cm³/mol. The van der Waals surface area contributed by atoms with Crippen molar-refractivity contribution in [3.8, 4) is 11.5 Å². The molecule has 1 saturated heterocycles. The molecular formula is C24H26N2O5S. The van der Waals surface area contributed by atoms with Crippen LogP contribution in [0.25, 0.3) is 10.2 Å². The van der Waals surface area contributed by atoms with E-state index in [9.17, 15) is 14.7 Å². The maximum Gasteiger partial charge on any atom is 0.339 e. The van der Waals surface area contributed by atoms with Crippen LogP contribution in [0.2, 0.25) is 0 Å². The molecule has 1 N–H and O–H groups in total. The molecule has 7 nitrogen and oxygen atoms in total. The summed E-state index contributed by atoms with van der Waals surface area (Å²) in [4.78, 5) is 31.1. The number of ketones is 1. The number of ether oxygens (including phenoxy) is 2. The molecule has 1 aromatic heterocycles. The molecule has 0 spiro atoms. The standard InChI is InChI=1S/C24H26N2O5S/c1-30-17-7-8-19-21(15-17)32-23(25-19)22(27)16-9-12-26(13-10-16)11-4-14-31-20-6-3-2-5-18(20)24(28)29/h2-3,5-8,15-16H,4,9-14H2,1H3,(H,28,29). The summed E-state index contributed by atoms with van der Waals surface area (Å²) in [5.41, 5.74) is 1.01. The van der Waals surface area contributed by atoms with Crippen LogP contribution in [0.1, 0.15) is 39.4 Å². The van der Waals surface area contributed by atoms with E-state index in [1.807, 2.05) is 18.2 Å². The van der Waals surface area contributed by atoms with E-state index in [0.29, 0.717) is 17.4 Å². The predicted octanol–water partition coefficient (Wildman–Crippen LogP) is 4.37. The van der Waals surface area contributed by atoms with Crippen LogP contribution >= 0.6 is 11.3 Å². The van der Waals surface area contributed by atoms with E-state index in [2.05, 4.69) is 9.88 Å². The summed E-state index contributed by atoms with van der Waals surface area (Å²) in [6.07, 6.45) is 2.44. The Morgan fingerprint density at radius 2 is 1.97 bits per heavy atom. The largest absolute Gasteiger partial charge is 0.497 e. The van der Waals surface area contributed by atoms with Crippen LogP contribution in [0.3, 0.4) is 0 Å². The number of carbonyl (C=O) groups excluding carboxylic acids is 1. The Bertz CT molecular complexity index is 1100. The number of aromatic carboxylic acids is 1. The number of carbonyl (C=O) groups is 2. The highest BCUT2D eigenvalue weighted by Crippen LogP contribution is 2.30. The van der Waals surface area contributed by atoms with E-state index >= 15 is 0 Å². The van der Waals surface area contributed by atoms with Gasteiger partial charge < -0.3 is 19.5 Å². The first-order valence-electron chi connectivity index (χ1n) is 10.7. The lowest BCUT2D eigenvalue weighted by atomic mass is 9.92. The number of benzene rings is 2. The summed E-state index contributed by atoms with van der Waals surface area (Å²) in [5, 5.41) is 9.80. The average molecular weight is 455 g/mol. The first-order valence-corrected chi connectivity index (χ1v) is 11.5. The maximum atomic E-state index is 13.0. The number of hydrogen-bond donors (Lipinski definition) is 1. The summed E-state index contributed by atoms with van der Waals surface area (Å²) in [6, 6.07) is 12.3. The van der Waals surface area contributed by atoms with Gasteiger partial charge in [0.15, 0.2) is 10.8 Å². The normalized spacial score (nSPS) is 15.0. The van der Waals surface area contributed by atoms with E-state index < -0.39 is 5.97 Å². The van der Waals surface area contributed by atoms with Gasteiger partial charge in [-0.05, 0) is 62.7 Å². The van der Waals surface area contributed by atoms with E-state index in [1.165, 1.54) is 11.3 Å². The smallest absolute Gasteiger partial charge is 0.339 e. The Labute approximate surface area is 190 Å². The number of fused-ring (bicyclic) bond motifs is 1. The van der Waals surface area contributed by atoms with E-state index in [4.69, 9.17) is 9.47 Å². The molecule has 32 heavy (non-hydrogen) atoms. The van der Waals surface area contributed by atoms with Crippen LogP contribution in [-0.4, -0.2) is 60.1 Å². The van der Waals surface area contributed by atoms with E-state index in [-0.39, 0.29) is 17.3 Å². The fourth-order valence-corrected chi connectivity index (χ4v) is 4.98. The van der Waals surface area contributed by atoms with Crippen LogP contribution < -0.4 is 9.47 Å². The molecule has 0 unspecified atom stereocenters. The molecule has 168 valence electrons. The highest BCUT2D eigenvalue weighted by atomic mass is 32.1. The number of Topliss-reactive ketones (excluding diaryl/α,β-unsaturated/α-hetero) is 1. The molecule has 8 heteroatoms. The fourth-order valence-electron chi connectivity index (χ4n) is 3.97. The lowest BCUT2D eigenvalue weighted by Crippen LogP contribution is -2.37. The minimum absolute atomic E-state index is 0.00685. The topological polar surface area (TPSA) is 89.0 Å². The number of likely N-dealkylation sites (tertiary alicyclic amines) is 1. The van der Waals surface area contributed by atoms with Crippen LogP contribution in [0.15, 0.2) is 42.5 Å². The Morgan fingerprint density at radius 3 is 2.72 bits per heavy atom. The van der Waals surface area contributed by atoms with Gasteiger partial charge in [-0.3, -0.25) is 4.79 Å². The number of thiazole rings is 1. The zero-order valence-electron chi connectivity index (χ0n) is 18.0. The van der Waals surface area contributed by atoms with E-state index in [0.717, 1.165) is 54.9 Å². The highest BCUT2D eigenvalue weighted by molar-refractivity contribution is 7.20. The Kier molecular flexibility index (Phi) is 7.02. The van der Waals surface area contributed by atoms with Crippen LogP contribution in [0.4, 0.5) is 0 Å².